The number of quaternary nitrogens is 2. The third-order valence-corrected chi connectivity index (χ3v) is 5.54. The second-order valence-electron chi connectivity index (χ2n) is 7.29. The number of nitrogens with one attached hydrogen (secondary N) is 3. The number of halogens is 1. The van der Waals surface area contributed by atoms with Gasteiger partial charge in [-0.1, -0.05) is 36.7 Å². The van der Waals surface area contributed by atoms with E-state index in [0.29, 0.717) is 13.2 Å². The number of hydrogen-bond donors (Lipinski definition) is 3. The van der Waals surface area contributed by atoms with Crippen LogP contribution in [0.4, 0.5) is 5.69 Å². The molecule has 1 heterocycles. The predicted molar refractivity (Wildman–Crippen MR) is 113 cm³/mol. The van der Waals surface area contributed by atoms with Gasteiger partial charge >= 0.3 is 0 Å². The van der Waals surface area contributed by atoms with Gasteiger partial charge in [-0.15, -0.1) is 0 Å². The van der Waals surface area contributed by atoms with E-state index in [0.717, 1.165) is 55.6 Å². The third-order valence-electron chi connectivity index (χ3n) is 5.29. The standard InChI is InChI=1S/C22H28ClN3O2/c1-2-18-5-3-4-6-21(18)24-22(27)17-26-13-11-25(12-14-26)15-16-28-20-9-7-19(23)8-10-20/h3-10H,2,11-17H2,1H3,(H,24,27)/p+2. The molecular weight excluding hydrogens is 374 g/mol. The maximum atomic E-state index is 12.4. The highest BCUT2D eigenvalue weighted by Crippen LogP contribution is 2.15. The van der Waals surface area contributed by atoms with Crippen LogP contribution < -0.4 is 19.9 Å². The maximum Gasteiger partial charge on any atom is 0.279 e. The van der Waals surface area contributed by atoms with Crippen molar-refractivity contribution in [2.24, 2.45) is 0 Å². The molecule has 28 heavy (non-hydrogen) atoms. The van der Waals surface area contributed by atoms with Gasteiger partial charge in [-0.05, 0) is 42.3 Å². The molecule has 1 saturated heterocycles. The summed E-state index contributed by atoms with van der Waals surface area (Å²) in [5, 5.41) is 3.80. The summed E-state index contributed by atoms with van der Waals surface area (Å²) < 4.78 is 5.79. The Labute approximate surface area is 172 Å². The Bertz CT molecular complexity index is 759. The van der Waals surface area contributed by atoms with Crippen molar-refractivity contribution >= 4 is 23.2 Å². The fraction of sp³-hybridized carbons (Fsp3) is 0.409. The molecule has 0 saturated carbocycles. The van der Waals surface area contributed by atoms with E-state index in [-0.39, 0.29) is 5.91 Å². The molecule has 1 fully saturated rings. The van der Waals surface area contributed by atoms with Crippen LogP contribution in [-0.4, -0.2) is 51.8 Å². The van der Waals surface area contributed by atoms with E-state index in [1.807, 2.05) is 42.5 Å². The first-order chi connectivity index (χ1) is 13.6. The third kappa shape index (κ3) is 6.23. The molecule has 1 aliphatic heterocycles. The number of carbonyl (C=O) groups excluding carboxylic acids is 1. The maximum absolute atomic E-state index is 12.4. The number of carbonyl (C=O) groups is 1. The average Bonchev–Trinajstić information content (AvgIpc) is 2.71. The van der Waals surface area contributed by atoms with Crippen LogP contribution in [0.25, 0.3) is 0 Å². The highest BCUT2D eigenvalue weighted by atomic mass is 35.5. The molecular formula is C22H30ClN3O2+2. The van der Waals surface area contributed by atoms with E-state index in [1.54, 1.807) is 0 Å². The van der Waals surface area contributed by atoms with Gasteiger partial charge in [-0.3, -0.25) is 4.79 Å². The lowest BCUT2D eigenvalue weighted by molar-refractivity contribution is -1.01. The molecule has 3 rings (SSSR count). The quantitative estimate of drug-likeness (QED) is 0.607. The number of para-hydroxylation sites is 1. The van der Waals surface area contributed by atoms with Gasteiger partial charge < -0.3 is 19.9 Å². The summed E-state index contributed by atoms with van der Waals surface area (Å²) in [6.45, 7) is 8.47. The molecule has 0 unspecified atom stereocenters. The van der Waals surface area contributed by atoms with Crippen molar-refractivity contribution < 1.29 is 19.3 Å². The molecule has 3 N–H and O–H groups in total. The van der Waals surface area contributed by atoms with E-state index in [9.17, 15) is 4.79 Å². The average molecular weight is 404 g/mol. The van der Waals surface area contributed by atoms with E-state index < -0.39 is 0 Å². The molecule has 2 aromatic rings. The topological polar surface area (TPSA) is 47.2 Å². The van der Waals surface area contributed by atoms with Crippen LogP contribution in [0.3, 0.4) is 0 Å². The highest BCUT2D eigenvalue weighted by Gasteiger charge is 2.24. The fourth-order valence-corrected chi connectivity index (χ4v) is 3.73. The summed E-state index contributed by atoms with van der Waals surface area (Å²) in [7, 11) is 0. The number of anilines is 1. The summed E-state index contributed by atoms with van der Waals surface area (Å²) in [5.74, 6) is 0.961. The summed E-state index contributed by atoms with van der Waals surface area (Å²) in [6.07, 6.45) is 0.920. The zero-order valence-corrected chi connectivity index (χ0v) is 17.2. The zero-order valence-electron chi connectivity index (χ0n) is 16.5. The van der Waals surface area contributed by atoms with Crippen LogP contribution in [0.2, 0.25) is 5.02 Å². The minimum absolute atomic E-state index is 0.102. The van der Waals surface area contributed by atoms with Crippen molar-refractivity contribution in [3.8, 4) is 5.75 Å². The second kappa shape index (κ2) is 10.5. The Balaban J connectivity index is 1.35. The van der Waals surface area contributed by atoms with Crippen LogP contribution >= 0.6 is 11.6 Å². The van der Waals surface area contributed by atoms with Crippen LogP contribution in [0, 0.1) is 0 Å². The number of benzene rings is 2. The molecule has 0 aromatic heterocycles. The number of rotatable bonds is 8. The minimum Gasteiger partial charge on any atom is -0.488 e. The van der Waals surface area contributed by atoms with Crippen molar-refractivity contribution in [2.45, 2.75) is 13.3 Å². The Morgan fingerprint density at radius 3 is 2.43 bits per heavy atom. The molecule has 0 spiro atoms. The fourth-order valence-electron chi connectivity index (χ4n) is 3.60. The zero-order chi connectivity index (χ0) is 19.8. The molecule has 6 heteroatoms. The summed E-state index contributed by atoms with van der Waals surface area (Å²) in [5.41, 5.74) is 2.12. The van der Waals surface area contributed by atoms with Crippen LogP contribution in [0.5, 0.6) is 5.75 Å². The number of piperazine rings is 1. The first kappa shape index (κ1) is 20.6. The molecule has 1 aliphatic rings. The lowest BCUT2D eigenvalue weighted by atomic mass is 10.1. The smallest absolute Gasteiger partial charge is 0.279 e. The number of ether oxygens (including phenoxy) is 1. The van der Waals surface area contributed by atoms with Crippen LogP contribution in [0.15, 0.2) is 48.5 Å². The molecule has 0 radical (unpaired) electrons. The lowest BCUT2D eigenvalue weighted by Gasteiger charge is -2.29. The molecule has 2 aromatic carbocycles. The van der Waals surface area contributed by atoms with Crippen molar-refractivity contribution in [1.82, 2.24) is 0 Å². The lowest BCUT2D eigenvalue weighted by Crippen LogP contribution is -3.28. The predicted octanol–water partition coefficient (Wildman–Crippen LogP) is 0.703. The monoisotopic (exact) mass is 403 g/mol. The second-order valence-corrected chi connectivity index (χ2v) is 7.72. The summed E-state index contributed by atoms with van der Waals surface area (Å²) >= 11 is 5.89. The molecule has 5 nitrogen and oxygen atoms in total. The minimum atomic E-state index is 0.102. The number of amides is 1. The summed E-state index contributed by atoms with van der Waals surface area (Å²) in [6, 6.07) is 15.5. The Kier molecular flexibility index (Phi) is 7.71. The van der Waals surface area contributed by atoms with Crippen LogP contribution in [0.1, 0.15) is 12.5 Å². The highest BCUT2D eigenvalue weighted by molar-refractivity contribution is 6.30. The Hall–Kier alpha value is -2.08. The SMILES string of the molecule is CCc1ccccc1NC(=O)C[NH+]1CC[NH+](CCOc2ccc(Cl)cc2)CC1. The normalized spacial score (nSPS) is 19.2. The van der Waals surface area contributed by atoms with Crippen molar-refractivity contribution in [2.75, 3.05) is 51.2 Å². The van der Waals surface area contributed by atoms with Gasteiger partial charge in [0.25, 0.3) is 5.91 Å². The van der Waals surface area contributed by atoms with Gasteiger partial charge in [0.1, 0.15) is 45.1 Å². The largest absolute Gasteiger partial charge is 0.488 e. The van der Waals surface area contributed by atoms with Crippen molar-refractivity contribution in [3.05, 3.63) is 59.1 Å². The van der Waals surface area contributed by atoms with Gasteiger partial charge in [0.2, 0.25) is 0 Å². The van der Waals surface area contributed by atoms with Gasteiger partial charge in [0.15, 0.2) is 6.54 Å². The van der Waals surface area contributed by atoms with E-state index >= 15 is 0 Å². The van der Waals surface area contributed by atoms with Crippen molar-refractivity contribution in [1.29, 1.82) is 0 Å². The molecule has 0 bridgehead atoms. The van der Waals surface area contributed by atoms with Crippen molar-refractivity contribution in [3.63, 3.8) is 0 Å². The molecule has 0 atom stereocenters. The first-order valence-corrected chi connectivity index (χ1v) is 10.4. The van der Waals surface area contributed by atoms with E-state index in [1.165, 1.54) is 15.4 Å². The van der Waals surface area contributed by atoms with Gasteiger partial charge in [0.05, 0.1) is 0 Å². The van der Waals surface area contributed by atoms with Gasteiger partial charge in [-0.25, -0.2) is 0 Å². The summed E-state index contributed by atoms with van der Waals surface area (Å²) in [4.78, 5) is 15.3. The molecule has 0 aliphatic carbocycles. The van der Waals surface area contributed by atoms with Gasteiger partial charge in [0, 0.05) is 10.7 Å². The van der Waals surface area contributed by atoms with Gasteiger partial charge in [-0.2, -0.15) is 0 Å². The first-order valence-electron chi connectivity index (χ1n) is 10.1. The Morgan fingerprint density at radius 2 is 1.71 bits per heavy atom. The van der Waals surface area contributed by atoms with Crippen LogP contribution in [-0.2, 0) is 11.2 Å². The van der Waals surface area contributed by atoms with E-state index in [4.69, 9.17) is 16.3 Å². The molecule has 150 valence electrons. The number of hydrogen-bond acceptors (Lipinski definition) is 2. The molecule has 1 amide bonds. The number of aryl methyl sites for hydroxylation is 1. The van der Waals surface area contributed by atoms with E-state index in [2.05, 4.69) is 18.3 Å². The Morgan fingerprint density at radius 1 is 1.04 bits per heavy atom.